The molecular weight excluding hydrogens is 327 g/mol. The van der Waals surface area contributed by atoms with Gasteiger partial charge in [-0.15, -0.1) is 0 Å². The number of benzene rings is 1. The lowest BCUT2D eigenvalue weighted by atomic mass is 10.1. The highest BCUT2D eigenvalue weighted by molar-refractivity contribution is 5.76. The zero-order chi connectivity index (χ0) is 18.3. The normalized spacial score (nSPS) is 11.1. The summed E-state index contributed by atoms with van der Waals surface area (Å²) >= 11 is 0. The second kappa shape index (κ2) is 8.65. The van der Waals surface area contributed by atoms with Gasteiger partial charge in [-0.05, 0) is 31.0 Å². The van der Waals surface area contributed by atoms with Gasteiger partial charge in [-0.2, -0.15) is 13.2 Å². The minimum atomic E-state index is -4.40. The summed E-state index contributed by atoms with van der Waals surface area (Å²) in [4.78, 5) is 12.8. The van der Waals surface area contributed by atoms with E-state index in [1.807, 2.05) is 0 Å². The number of rotatable bonds is 8. The molecule has 1 aromatic rings. The summed E-state index contributed by atoms with van der Waals surface area (Å²) in [6.07, 6.45) is -4.18. The van der Waals surface area contributed by atoms with Gasteiger partial charge >= 0.3 is 6.18 Å². The van der Waals surface area contributed by atoms with Gasteiger partial charge in [0.25, 0.3) is 0 Å². The summed E-state index contributed by atoms with van der Waals surface area (Å²) in [5.74, 6) is 0.731. The number of amides is 1. The predicted molar refractivity (Wildman–Crippen MR) is 82.7 cm³/mol. The van der Waals surface area contributed by atoms with Crippen LogP contribution in [-0.2, 0) is 11.2 Å². The number of aryl methyl sites for hydroxylation is 1. The molecule has 5 nitrogen and oxygen atoms in total. The van der Waals surface area contributed by atoms with Crippen LogP contribution >= 0.6 is 0 Å². The SMILES string of the molecule is CCN(CC(F)(F)F)C(=O)CCc1cc(OC)c(OC)c(OC)c1. The standard InChI is InChI=1S/C16H22F3NO4/c1-5-20(10-16(17,18)19)14(21)7-6-11-8-12(22-2)15(24-4)13(9-11)23-3/h8-9H,5-7,10H2,1-4H3. The van der Waals surface area contributed by atoms with Gasteiger partial charge in [-0.25, -0.2) is 0 Å². The van der Waals surface area contributed by atoms with Crippen molar-refractivity contribution in [3.8, 4) is 17.2 Å². The van der Waals surface area contributed by atoms with E-state index in [9.17, 15) is 18.0 Å². The number of carbonyl (C=O) groups excluding carboxylic acids is 1. The molecule has 0 saturated carbocycles. The van der Waals surface area contributed by atoms with E-state index < -0.39 is 18.6 Å². The molecule has 0 fully saturated rings. The average Bonchev–Trinajstić information content (AvgIpc) is 2.55. The van der Waals surface area contributed by atoms with Gasteiger partial charge in [0.1, 0.15) is 6.54 Å². The van der Waals surface area contributed by atoms with E-state index in [4.69, 9.17) is 14.2 Å². The summed E-state index contributed by atoms with van der Waals surface area (Å²) < 4.78 is 53.0. The number of halogens is 3. The highest BCUT2D eigenvalue weighted by Crippen LogP contribution is 2.38. The van der Waals surface area contributed by atoms with Crippen LogP contribution < -0.4 is 14.2 Å². The van der Waals surface area contributed by atoms with Crippen molar-refractivity contribution in [1.29, 1.82) is 0 Å². The highest BCUT2D eigenvalue weighted by Gasteiger charge is 2.32. The maximum Gasteiger partial charge on any atom is 0.406 e. The van der Waals surface area contributed by atoms with Gasteiger partial charge < -0.3 is 19.1 Å². The quantitative estimate of drug-likeness (QED) is 0.724. The van der Waals surface area contributed by atoms with Crippen molar-refractivity contribution < 1.29 is 32.2 Å². The van der Waals surface area contributed by atoms with Crippen LogP contribution in [0.3, 0.4) is 0 Å². The van der Waals surface area contributed by atoms with E-state index in [1.54, 1.807) is 12.1 Å². The number of hydrogen-bond donors (Lipinski definition) is 0. The fourth-order valence-corrected chi connectivity index (χ4v) is 2.28. The zero-order valence-corrected chi connectivity index (χ0v) is 14.2. The largest absolute Gasteiger partial charge is 0.493 e. The first kappa shape index (κ1) is 19.9. The third-order valence-electron chi connectivity index (χ3n) is 3.46. The van der Waals surface area contributed by atoms with E-state index in [0.717, 1.165) is 4.90 Å². The van der Waals surface area contributed by atoms with Crippen LogP contribution in [0, 0.1) is 0 Å². The molecular formula is C16H22F3NO4. The van der Waals surface area contributed by atoms with Crippen molar-refractivity contribution in [2.24, 2.45) is 0 Å². The van der Waals surface area contributed by atoms with Gasteiger partial charge in [-0.3, -0.25) is 4.79 Å². The zero-order valence-electron chi connectivity index (χ0n) is 14.2. The lowest BCUT2D eigenvalue weighted by molar-refractivity contribution is -0.160. The monoisotopic (exact) mass is 349 g/mol. The fourth-order valence-electron chi connectivity index (χ4n) is 2.28. The summed E-state index contributed by atoms with van der Waals surface area (Å²) in [6.45, 7) is 0.286. The van der Waals surface area contributed by atoms with Crippen LogP contribution in [0.4, 0.5) is 13.2 Å². The van der Waals surface area contributed by atoms with Gasteiger partial charge in [0, 0.05) is 13.0 Å². The molecule has 0 aromatic heterocycles. The molecule has 0 aliphatic heterocycles. The van der Waals surface area contributed by atoms with Crippen molar-refractivity contribution in [2.45, 2.75) is 25.9 Å². The van der Waals surface area contributed by atoms with Crippen molar-refractivity contribution in [1.82, 2.24) is 4.90 Å². The Kier molecular flexibility index (Phi) is 7.18. The Morgan fingerprint density at radius 1 is 1.08 bits per heavy atom. The lowest BCUT2D eigenvalue weighted by Crippen LogP contribution is -2.38. The Hall–Kier alpha value is -2.12. The Morgan fingerprint density at radius 3 is 2.00 bits per heavy atom. The average molecular weight is 349 g/mol. The number of nitrogens with zero attached hydrogens (tertiary/aromatic N) is 1. The third-order valence-corrected chi connectivity index (χ3v) is 3.46. The van der Waals surface area contributed by atoms with E-state index in [2.05, 4.69) is 0 Å². The maximum atomic E-state index is 12.5. The van der Waals surface area contributed by atoms with Crippen LogP contribution in [0.15, 0.2) is 12.1 Å². The third kappa shape index (κ3) is 5.50. The van der Waals surface area contributed by atoms with E-state index in [1.165, 1.54) is 28.3 Å². The fraction of sp³-hybridized carbons (Fsp3) is 0.562. The number of hydrogen-bond acceptors (Lipinski definition) is 4. The number of ether oxygens (including phenoxy) is 3. The number of alkyl halides is 3. The summed E-state index contributed by atoms with van der Waals surface area (Å²) in [5, 5.41) is 0. The van der Waals surface area contributed by atoms with Crippen molar-refractivity contribution >= 4 is 5.91 Å². The minimum absolute atomic E-state index is 0.00754. The first-order valence-corrected chi connectivity index (χ1v) is 7.39. The predicted octanol–water partition coefficient (Wildman–Crippen LogP) is 3.06. The molecule has 24 heavy (non-hydrogen) atoms. The first-order chi connectivity index (χ1) is 11.3. The van der Waals surface area contributed by atoms with Crippen LogP contribution in [0.1, 0.15) is 18.9 Å². The first-order valence-electron chi connectivity index (χ1n) is 7.39. The summed E-state index contributed by atoms with van der Waals surface area (Å²) in [7, 11) is 4.41. The Bertz CT molecular complexity index is 536. The molecule has 0 aliphatic carbocycles. The smallest absolute Gasteiger partial charge is 0.406 e. The molecule has 1 aromatic carbocycles. The molecule has 0 atom stereocenters. The molecule has 8 heteroatoms. The van der Waals surface area contributed by atoms with Crippen LogP contribution in [0.2, 0.25) is 0 Å². The molecule has 0 radical (unpaired) electrons. The Balaban J connectivity index is 2.84. The number of carbonyl (C=O) groups is 1. The van der Waals surface area contributed by atoms with Crippen molar-refractivity contribution in [3.63, 3.8) is 0 Å². The van der Waals surface area contributed by atoms with Crippen molar-refractivity contribution in [2.75, 3.05) is 34.4 Å². The van der Waals surface area contributed by atoms with Crippen LogP contribution in [0.5, 0.6) is 17.2 Å². The number of methoxy groups -OCH3 is 3. The molecule has 1 amide bonds. The molecule has 0 unspecified atom stereocenters. The topological polar surface area (TPSA) is 48.0 Å². The molecule has 0 bridgehead atoms. The molecule has 0 aliphatic rings. The maximum absolute atomic E-state index is 12.5. The van der Waals surface area contributed by atoms with Gasteiger partial charge in [0.15, 0.2) is 11.5 Å². The Labute approximate surface area is 139 Å². The second-order valence-electron chi connectivity index (χ2n) is 5.06. The lowest BCUT2D eigenvalue weighted by Gasteiger charge is -2.22. The minimum Gasteiger partial charge on any atom is -0.493 e. The molecule has 0 heterocycles. The molecule has 0 saturated heterocycles. The van der Waals surface area contributed by atoms with Crippen LogP contribution in [-0.4, -0.2) is 51.4 Å². The van der Waals surface area contributed by atoms with Crippen molar-refractivity contribution in [3.05, 3.63) is 17.7 Å². The summed E-state index contributed by atoms with van der Waals surface area (Å²) in [5.41, 5.74) is 0.709. The van der Waals surface area contributed by atoms with Gasteiger partial charge in [0.05, 0.1) is 21.3 Å². The molecule has 136 valence electrons. The Morgan fingerprint density at radius 2 is 1.62 bits per heavy atom. The highest BCUT2D eigenvalue weighted by atomic mass is 19.4. The molecule has 0 spiro atoms. The molecule has 1 rings (SSSR count). The van der Waals surface area contributed by atoms with E-state index in [-0.39, 0.29) is 19.4 Å². The molecule has 0 N–H and O–H groups in total. The van der Waals surface area contributed by atoms with E-state index in [0.29, 0.717) is 22.8 Å². The van der Waals surface area contributed by atoms with Gasteiger partial charge in [-0.1, -0.05) is 0 Å². The summed E-state index contributed by atoms with van der Waals surface area (Å²) in [6, 6.07) is 3.35. The van der Waals surface area contributed by atoms with Crippen LogP contribution in [0.25, 0.3) is 0 Å². The van der Waals surface area contributed by atoms with E-state index >= 15 is 0 Å². The second-order valence-corrected chi connectivity index (χ2v) is 5.06. The van der Waals surface area contributed by atoms with Gasteiger partial charge in [0.2, 0.25) is 11.7 Å².